The first-order chi connectivity index (χ1) is 11.3. The Bertz CT molecular complexity index is 774. The number of non-ortho nitro benzene ring substituents is 2. The average molecular weight is 336 g/mol. The number of urea groups is 1. The van der Waals surface area contributed by atoms with Crippen molar-refractivity contribution in [3.8, 4) is 5.75 Å². The molecule has 0 aliphatic carbocycles. The highest BCUT2D eigenvalue weighted by Gasteiger charge is 2.16. The maximum atomic E-state index is 13.6. The minimum absolute atomic E-state index is 0.285. The third-order valence-electron chi connectivity index (χ3n) is 2.85. The molecule has 2 amide bonds. The predicted molar refractivity (Wildman–Crippen MR) is 80.5 cm³/mol. The zero-order valence-electron chi connectivity index (χ0n) is 11.7. The maximum Gasteiger partial charge on any atom is 0.323 e. The lowest BCUT2D eigenvalue weighted by Gasteiger charge is -2.09. The Kier molecular flexibility index (Phi) is 4.54. The Morgan fingerprint density at radius 1 is 0.958 bits per heavy atom. The van der Waals surface area contributed by atoms with E-state index in [2.05, 4.69) is 5.32 Å². The first kappa shape index (κ1) is 16.6. The lowest BCUT2D eigenvalue weighted by Crippen LogP contribution is -2.20. The van der Waals surface area contributed by atoms with Gasteiger partial charge in [0.2, 0.25) is 0 Å². The van der Waals surface area contributed by atoms with E-state index in [1.54, 1.807) is 0 Å². The van der Waals surface area contributed by atoms with Crippen LogP contribution in [0.5, 0.6) is 5.75 Å². The molecule has 2 aromatic carbocycles. The molecule has 2 aromatic rings. The molecular formula is C13H9FN4O6. The van der Waals surface area contributed by atoms with Gasteiger partial charge in [0.05, 0.1) is 21.2 Å². The average Bonchev–Trinajstić information content (AvgIpc) is 2.51. The highest BCUT2D eigenvalue weighted by molar-refractivity contribution is 6.01. The molecule has 0 bridgehead atoms. The van der Waals surface area contributed by atoms with Crippen LogP contribution in [0, 0.1) is 26.0 Å². The number of carbonyl (C=O) groups is 1. The monoisotopic (exact) mass is 336 g/mol. The zero-order chi connectivity index (χ0) is 17.9. The number of phenols is 1. The van der Waals surface area contributed by atoms with Crippen molar-refractivity contribution in [2.75, 3.05) is 10.6 Å². The van der Waals surface area contributed by atoms with Crippen LogP contribution in [-0.4, -0.2) is 21.0 Å². The van der Waals surface area contributed by atoms with Gasteiger partial charge in [-0.25, -0.2) is 9.18 Å². The summed E-state index contributed by atoms with van der Waals surface area (Å²) in [5, 5.41) is 35.0. The molecule has 11 heteroatoms. The molecule has 0 aliphatic heterocycles. The van der Waals surface area contributed by atoms with Crippen molar-refractivity contribution in [1.82, 2.24) is 0 Å². The van der Waals surface area contributed by atoms with Crippen molar-refractivity contribution >= 4 is 28.8 Å². The van der Waals surface area contributed by atoms with Crippen LogP contribution in [-0.2, 0) is 0 Å². The summed E-state index contributed by atoms with van der Waals surface area (Å²) in [6, 6.07) is 4.41. The molecule has 0 aromatic heterocycles. The fourth-order valence-corrected chi connectivity index (χ4v) is 1.74. The largest absolute Gasteiger partial charge is 0.506 e. The highest BCUT2D eigenvalue weighted by Crippen LogP contribution is 2.28. The second-order valence-electron chi connectivity index (χ2n) is 4.46. The topological polar surface area (TPSA) is 148 Å². The molecule has 0 unspecified atom stereocenters. The fraction of sp³-hybridized carbons (Fsp3) is 0. The van der Waals surface area contributed by atoms with Crippen LogP contribution < -0.4 is 10.6 Å². The van der Waals surface area contributed by atoms with Gasteiger partial charge in [-0.1, -0.05) is 0 Å². The number of phenolic OH excluding ortho intramolecular Hbond substituents is 1. The van der Waals surface area contributed by atoms with E-state index in [-0.39, 0.29) is 11.4 Å². The smallest absolute Gasteiger partial charge is 0.323 e. The van der Waals surface area contributed by atoms with E-state index in [0.717, 1.165) is 36.4 Å². The molecule has 24 heavy (non-hydrogen) atoms. The van der Waals surface area contributed by atoms with Crippen LogP contribution in [0.2, 0.25) is 0 Å². The van der Waals surface area contributed by atoms with E-state index in [4.69, 9.17) is 0 Å². The van der Waals surface area contributed by atoms with E-state index in [1.807, 2.05) is 5.32 Å². The second-order valence-corrected chi connectivity index (χ2v) is 4.46. The van der Waals surface area contributed by atoms with Crippen LogP contribution in [0.4, 0.5) is 31.9 Å². The maximum absolute atomic E-state index is 13.6. The lowest BCUT2D eigenvalue weighted by atomic mass is 10.2. The van der Waals surface area contributed by atoms with Crippen LogP contribution in [0.15, 0.2) is 36.4 Å². The number of nitro groups is 2. The summed E-state index contributed by atoms with van der Waals surface area (Å²) in [6.07, 6.45) is 0. The fourth-order valence-electron chi connectivity index (χ4n) is 1.74. The molecule has 10 nitrogen and oxygen atoms in total. The van der Waals surface area contributed by atoms with Crippen molar-refractivity contribution in [2.45, 2.75) is 0 Å². The van der Waals surface area contributed by atoms with Gasteiger partial charge in [0.25, 0.3) is 11.4 Å². The van der Waals surface area contributed by atoms with Gasteiger partial charge in [-0.3, -0.25) is 20.2 Å². The number of anilines is 2. The zero-order valence-corrected chi connectivity index (χ0v) is 11.7. The summed E-state index contributed by atoms with van der Waals surface area (Å²) in [6.45, 7) is 0. The van der Waals surface area contributed by atoms with E-state index >= 15 is 0 Å². The Morgan fingerprint density at radius 2 is 1.46 bits per heavy atom. The Labute approximate surface area is 132 Å². The molecule has 0 aliphatic rings. The number of rotatable bonds is 4. The Hall–Kier alpha value is -3.76. The lowest BCUT2D eigenvalue weighted by molar-refractivity contribution is -0.385. The van der Waals surface area contributed by atoms with Crippen LogP contribution in [0.25, 0.3) is 0 Å². The number of benzene rings is 2. The number of aromatic hydroxyl groups is 1. The number of amides is 2. The molecular weight excluding hydrogens is 327 g/mol. The normalized spacial score (nSPS) is 10.0. The van der Waals surface area contributed by atoms with Crippen molar-refractivity contribution < 1.29 is 24.1 Å². The number of hydrogen-bond donors (Lipinski definition) is 3. The number of nitro benzene ring substituents is 2. The molecule has 0 saturated carbocycles. The van der Waals surface area contributed by atoms with Gasteiger partial charge in [-0.2, -0.15) is 0 Å². The number of hydrogen-bond acceptors (Lipinski definition) is 6. The first-order valence-corrected chi connectivity index (χ1v) is 6.27. The van der Waals surface area contributed by atoms with Crippen LogP contribution in [0.1, 0.15) is 0 Å². The summed E-state index contributed by atoms with van der Waals surface area (Å²) in [7, 11) is 0. The molecule has 3 N–H and O–H groups in total. The summed E-state index contributed by atoms with van der Waals surface area (Å²) >= 11 is 0. The number of carbonyl (C=O) groups excluding carboxylic acids is 1. The van der Waals surface area contributed by atoms with Gasteiger partial charge in [-0.15, -0.1) is 0 Å². The Morgan fingerprint density at radius 3 is 2.04 bits per heavy atom. The number of nitrogens with one attached hydrogen (secondary N) is 2. The van der Waals surface area contributed by atoms with Gasteiger partial charge < -0.3 is 15.7 Å². The number of nitrogens with zero attached hydrogens (tertiary/aromatic N) is 2. The molecule has 0 heterocycles. The molecule has 124 valence electrons. The van der Waals surface area contributed by atoms with Crippen LogP contribution in [0.3, 0.4) is 0 Å². The van der Waals surface area contributed by atoms with Gasteiger partial charge >= 0.3 is 6.03 Å². The minimum atomic E-state index is -1.05. The molecule has 2 rings (SSSR count). The quantitative estimate of drug-likeness (QED) is 0.444. The van der Waals surface area contributed by atoms with Gasteiger partial charge in [0.1, 0.15) is 11.6 Å². The SMILES string of the molecule is O=C(Nc1cc([N+](=O)[O-])ccc1O)Nc1cc([N+](=O)[O-])ccc1F. The molecule has 0 fully saturated rings. The minimum Gasteiger partial charge on any atom is -0.506 e. The highest BCUT2D eigenvalue weighted by atomic mass is 19.1. The van der Waals surface area contributed by atoms with Crippen molar-refractivity contribution in [1.29, 1.82) is 0 Å². The van der Waals surface area contributed by atoms with Crippen molar-refractivity contribution in [2.24, 2.45) is 0 Å². The molecule has 0 saturated heterocycles. The first-order valence-electron chi connectivity index (χ1n) is 6.27. The summed E-state index contributed by atoms with van der Waals surface area (Å²) in [5.74, 6) is -1.37. The van der Waals surface area contributed by atoms with Crippen molar-refractivity contribution in [3.05, 3.63) is 62.4 Å². The van der Waals surface area contributed by atoms with Crippen LogP contribution >= 0.6 is 0 Å². The second kappa shape index (κ2) is 6.56. The summed E-state index contributed by atoms with van der Waals surface area (Å²) in [4.78, 5) is 31.6. The molecule has 0 spiro atoms. The van der Waals surface area contributed by atoms with E-state index in [1.165, 1.54) is 0 Å². The van der Waals surface area contributed by atoms with E-state index in [9.17, 15) is 34.5 Å². The summed E-state index contributed by atoms with van der Waals surface area (Å²) in [5.41, 5.74) is -1.58. The van der Waals surface area contributed by atoms with Crippen molar-refractivity contribution in [3.63, 3.8) is 0 Å². The standard InChI is InChI=1S/C13H9FN4O6/c14-9-3-1-7(17(21)22)5-10(9)15-13(20)16-11-6-8(18(23)24)2-4-12(11)19/h1-6,19H,(H2,15,16,20). The molecule has 0 radical (unpaired) electrons. The van der Waals surface area contributed by atoms with Gasteiger partial charge in [0, 0.05) is 24.3 Å². The summed E-state index contributed by atoms with van der Waals surface area (Å²) < 4.78 is 13.6. The van der Waals surface area contributed by atoms with E-state index < -0.39 is 38.8 Å². The molecule has 0 atom stereocenters. The third kappa shape index (κ3) is 3.71. The predicted octanol–water partition coefficient (Wildman–Crippen LogP) is 2.99. The Balaban J connectivity index is 2.20. The van der Waals surface area contributed by atoms with Gasteiger partial charge in [-0.05, 0) is 12.1 Å². The number of halogens is 1. The third-order valence-corrected chi connectivity index (χ3v) is 2.85. The van der Waals surface area contributed by atoms with Gasteiger partial charge in [0.15, 0.2) is 0 Å². The van der Waals surface area contributed by atoms with E-state index in [0.29, 0.717) is 0 Å².